The molecule has 8 heteroatoms. The number of hydrogen-bond donors (Lipinski definition) is 0. The van der Waals surface area contributed by atoms with E-state index in [4.69, 9.17) is 4.74 Å². The maximum atomic E-state index is 12.4. The summed E-state index contributed by atoms with van der Waals surface area (Å²) in [6.07, 6.45) is -0.746. The van der Waals surface area contributed by atoms with Crippen molar-refractivity contribution in [3.8, 4) is 0 Å². The minimum atomic E-state index is -0.948. The number of ether oxygens (including phenoxy) is 2. The van der Waals surface area contributed by atoms with Crippen LogP contribution in [0.25, 0.3) is 0 Å². The molecule has 1 rings (SSSR count). The summed E-state index contributed by atoms with van der Waals surface area (Å²) in [5, 5.41) is 10.7. The van der Waals surface area contributed by atoms with Crippen molar-refractivity contribution in [1.82, 2.24) is 0 Å². The predicted molar refractivity (Wildman–Crippen MR) is 83.3 cm³/mol. The molecule has 0 N–H and O–H groups in total. The fraction of sp³-hybridized carbons (Fsp3) is 0.467. The van der Waals surface area contributed by atoms with E-state index in [0.717, 1.165) is 4.90 Å². The molecule has 0 aliphatic heterocycles. The number of benzene rings is 1. The van der Waals surface area contributed by atoms with E-state index in [1.54, 1.807) is 20.8 Å². The molecule has 0 spiro atoms. The Labute approximate surface area is 134 Å². The summed E-state index contributed by atoms with van der Waals surface area (Å²) in [5.41, 5.74) is -0.585. The molecule has 0 radical (unpaired) electrons. The Morgan fingerprint density at radius 1 is 1.22 bits per heavy atom. The number of methoxy groups -OCH3 is 1. The van der Waals surface area contributed by atoms with Gasteiger partial charge in [0, 0.05) is 17.8 Å². The van der Waals surface area contributed by atoms with Crippen LogP contribution in [0.5, 0.6) is 0 Å². The molecule has 0 saturated carbocycles. The molecule has 0 heterocycles. The van der Waals surface area contributed by atoms with Crippen LogP contribution >= 0.6 is 0 Å². The fourth-order valence-electron chi connectivity index (χ4n) is 1.81. The van der Waals surface area contributed by atoms with E-state index < -0.39 is 28.6 Å². The Balaban J connectivity index is 3.20. The molecule has 0 aliphatic carbocycles. The second-order valence-corrected chi connectivity index (χ2v) is 5.82. The third-order valence-corrected chi connectivity index (χ3v) is 2.86. The Morgan fingerprint density at radius 2 is 1.74 bits per heavy atom. The zero-order valence-electron chi connectivity index (χ0n) is 13.7. The topological polar surface area (TPSA) is 99.0 Å². The zero-order valence-corrected chi connectivity index (χ0v) is 13.7. The number of non-ortho nitro benzene ring substituents is 1. The molecule has 8 nitrogen and oxygen atoms in total. The van der Waals surface area contributed by atoms with Crippen molar-refractivity contribution in [1.29, 1.82) is 0 Å². The van der Waals surface area contributed by atoms with Crippen LogP contribution in [-0.2, 0) is 14.3 Å². The lowest BCUT2D eigenvalue weighted by atomic mass is 10.2. The molecule has 0 unspecified atom stereocenters. The molecule has 23 heavy (non-hydrogen) atoms. The molecule has 0 bridgehead atoms. The minimum absolute atomic E-state index is 0.122. The van der Waals surface area contributed by atoms with Gasteiger partial charge < -0.3 is 9.47 Å². The fourth-order valence-corrected chi connectivity index (χ4v) is 1.81. The Hall–Kier alpha value is -2.64. The summed E-state index contributed by atoms with van der Waals surface area (Å²) in [5.74, 6) is -0.630. The monoisotopic (exact) mass is 324 g/mol. The molecule has 1 amide bonds. The van der Waals surface area contributed by atoms with E-state index in [1.807, 2.05) is 0 Å². The number of hydrogen-bond acceptors (Lipinski definition) is 6. The Morgan fingerprint density at radius 3 is 2.13 bits per heavy atom. The number of rotatable bonds is 4. The van der Waals surface area contributed by atoms with Gasteiger partial charge in [0.1, 0.15) is 11.6 Å². The van der Waals surface area contributed by atoms with Gasteiger partial charge in [-0.15, -0.1) is 0 Å². The van der Waals surface area contributed by atoms with Gasteiger partial charge in [-0.2, -0.15) is 0 Å². The van der Waals surface area contributed by atoms with Crippen molar-refractivity contribution < 1.29 is 24.0 Å². The number of carbonyl (C=O) groups is 2. The first kappa shape index (κ1) is 18.4. The molecule has 1 aromatic carbocycles. The van der Waals surface area contributed by atoms with Crippen molar-refractivity contribution in [2.45, 2.75) is 39.3 Å². The lowest BCUT2D eigenvalue weighted by molar-refractivity contribution is -0.384. The SMILES string of the molecule is COC(=O)[C@H](C)N(C(=O)OC(C)(C)C)c1ccc([N+](=O)[O-])cc1. The normalized spacial score (nSPS) is 12.2. The predicted octanol–water partition coefficient (Wildman–Crippen LogP) is 2.90. The third kappa shape index (κ3) is 4.94. The highest BCUT2D eigenvalue weighted by molar-refractivity contribution is 5.95. The largest absolute Gasteiger partial charge is 0.467 e. The molecule has 0 saturated heterocycles. The lowest BCUT2D eigenvalue weighted by Gasteiger charge is -2.30. The standard InChI is InChI=1S/C15H20N2O6/c1-10(13(18)22-5)16(14(19)23-15(2,3)4)11-6-8-12(9-7-11)17(20)21/h6-10H,1-5H3/t10-/m0/s1. The lowest BCUT2D eigenvalue weighted by Crippen LogP contribution is -2.46. The van der Waals surface area contributed by atoms with Gasteiger partial charge in [-0.3, -0.25) is 15.0 Å². The number of esters is 1. The van der Waals surface area contributed by atoms with Crippen LogP contribution < -0.4 is 4.90 Å². The van der Waals surface area contributed by atoms with Crippen LogP contribution in [0.2, 0.25) is 0 Å². The summed E-state index contributed by atoms with van der Waals surface area (Å²) in [7, 11) is 1.21. The van der Waals surface area contributed by atoms with Crippen molar-refractivity contribution in [3.05, 3.63) is 34.4 Å². The second kappa shape index (κ2) is 7.08. The quantitative estimate of drug-likeness (QED) is 0.480. The molecular weight excluding hydrogens is 304 g/mol. The summed E-state index contributed by atoms with van der Waals surface area (Å²) < 4.78 is 9.95. The summed E-state index contributed by atoms with van der Waals surface area (Å²) in [4.78, 5) is 35.5. The van der Waals surface area contributed by atoms with Gasteiger partial charge in [-0.1, -0.05) is 0 Å². The molecule has 0 aromatic heterocycles. The maximum absolute atomic E-state index is 12.4. The van der Waals surface area contributed by atoms with Crippen LogP contribution in [0, 0.1) is 10.1 Å². The number of nitro groups is 1. The summed E-state index contributed by atoms with van der Waals surface area (Å²) >= 11 is 0. The summed E-state index contributed by atoms with van der Waals surface area (Å²) in [6, 6.07) is 4.30. The van der Waals surface area contributed by atoms with Crippen LogP contribution in [0.1, 0.15) is 27.7 Å². The number of amides is 1. The van der Waals surface area contributed by atoms with E-state index in [0.29, 0.717) is 5.69 Å². The van der Waals surface area contributed by atoms with Crippen molar-refractivity contribution in [2.24, 2.45) is 0 Å². The average molecular weight is 324 g/mol. The van der Waals surface area contributed by atoms with Crippen molar-refractivity contribution in [2.75, 3.05) is 12.0 Å². The summed E-state index contributed by atoms with van der Waals surface area (Å²) in [6.45, 7) is 6.57. The van der Waals surface area contributed by atoms with E-state index in [9.17, 15) is 19.7 Å². The van der Waals surface area contributed by atoms with Gasteiger partial charge in [-0.25, -0.2) is 9.59 Å². The number of carbonyl (C=O) groups excluding carboxylic acids is 2. The van der Waals surface area contributed by atoms with E-state index >= 15 is 0 Å². The zero-order chi connectivity index (χ0) is 17.8. The molecule has 1 aromatic rings. The van der Waals surface area contributed by atoms with Gasteiger partial charge in [0.05, 0.1) is 12.0 Å². The third-order valence-electron chi connectivity index (χ3n) is 2.86. The van der Waals surface area contributed by atoms with Crippen molar-refractivity contribution >= 4 is 23.4 Å². The number of nitro benzene ring substituents is 1. The van der Waals surface area contributed by atoms with Crippen LogP contribution in [0.4, 0.5) is 16.2 Å². The smallest absolute Gasteiger partial charge is 0.415 e. The van der Waals surface area contributed by atoms with E-state index in [1.165, 1.54) is 38.3 Å². The first-order chi connectivity index (χ1) is 10.6. The van der Waals surface area contributed by atoms with E-state index in [-0.39, 0.29) is 5.69 Å². The van der Waals surface area contributed by atoms with Gasteiger partial charge in [0.2, 0.25) is 0 Å². The highest BCUT2D eigenvalue weighted by Gasteiger charge is 2.32. The molecule has 126 valence electrons. The Bertz CT molecular complexity index is 591. The first-order valence-electron chi connectivity index (χ1n) is 6.91. The molecule has 1 atom stereocenters. The van der Waals surface area contributed by atoms with Gasteiger partial charge in [-0.05, 0) is 39.8 Å². The molecule has 0 fully saturated rings. The molecule has 0 aliphatic rings. The maximum Gasteiger partial charge on any atom is 0.415 e. The Kier molecular flexibility index (Phi) is 5.67. The van der Waals surface area contributed by atoms with Crippen molar-refractivity contribution in [3.63, 3.8) is 0 Å². The highest BCUT2D eigenvalue weighted by Crippen LogP contribution is 2.24. The van der Waals surface area contributed by atoms with Gasteiger partial charge in [0.15, 0.2) is 0 Å². The second-order valence-electron chi connectivity index (χ2n) is 5.82. The first-order valence-corrected chi connectivity index (χ1v) is 6.91. The molecular formula is C15H20N2O6. The van der Waals surface area contributed by atoms with Gasteiger partial charge >= 0.3 is 12.1 Å². The highest BCUT2D eigenvalue weighted by atomic mass is 16.6. The number of anilines is 1. The van der Waals surface area contributed by atoms with E-state index in [2.05, 4.69) is 4.74 Å². The van der Waals surface area contributed by atoms with Gasteiger partial charge in [0.25, 0.3) is 5.69 Å². The van der Waals surface area contributed by atoms with Crippen LogP contribution in [0.3, 0.4) is 0 Å². The average Bonchev–Trinajstić information content (AvgIpc) is 2.45. The van der Waals surface area contributed by atoms with Crippen LogP contribution in [0.15, 0.2) is 24.3 Å². The number of nitrogens with zero attached hydrogens (tertiary/aromatic N) is 2. The van der Waals surface area contributed by atoms with Crippen LogP contribution in [-0.4, -0.2) is 35.7 Å². The minimum Gasteiger partial charge on any atom is -0.467 e.